The Morgan fingerprint density at radius 3 is 2.41 bits per heavy atom. The van der Waals surface area contributed by atoms with Gasteiger partial charge in [0.25, 0.3) is 5.91 Å². The van der Waals surface area contributed by atoms with Crippen molar-refractivity contribution in [3.05, 3.63) is 59.7 Å². The molecule has 0 aromatic heterocycles. The molecule has 27 heavy (non-hydrogen) atoms. The van der Waals surface area contributed by atoms with Crippen LogP contribution in [0.1, 0.15) is 22.0 Å². The summed E-state index contributed by atoms with van der Waals surface area (Å²) in [5, 5.41) is 2.83. The summed E-state index contributed by atoms with van der Waals surface area (Å²) in [6.07, 6.45) is 0. The van der Waals surface area contributed by atoms with Gasteiger partial charge in [-0.1, -0.05) is 12.1 Å². The standard InChI is InChI=1S/C19H21F3N2O2S/c1-24(2)17(14-5-4-6-15(11-14)26-3)12-23-18(25)13-7-9-16(10-8-13)27-19(20,21)22/h4-11,17H,12H2,1-3H3,(H,23,25). The minimum absolute atomic E-state index is 0.0431. The molecular weight excluding hydrogens is 377 g/mol. The second kappa shape index (κ2) is 9.14. The maximum absolute atomic E-state index is 12.4. The van der Waals surface area contributed by atoms with Crippen LogP contribution in [0, 0.1) is 0 Å². The van der Waals surface area contributed by atoms with Gasteiger partial charge in [0, 0.05) is 17.0 Å². The molecule has 4 nitrogen and oxygen atoms in total. The van der Waals surface area contributed by atoms with Crippen LogP contribution in [0.3, 0.4) is 0 Å². The van der Waals surface area contributed by atoms with Gasteiger partial charge in [0.2, 0.25) is 0 Å². The minimum Gasteiger partial charge on any atom is -0.497 e. The van der Waals surface area contributed by atoms with Crippen LogP contribution < -0.4 is 10.1 Å². The molecule has 0 saturated heterocycles. The molecule has 0 saturated carbocycles. The van der Waals surface area contributed by atoms with E-state index in [1.54, 1.807) is 7.11 Å². The van der Waals surface area contributed by atoms with Crippen molar-refractivity contribution in [3.8, 4) is 5.75 Å². The Kier molecular flexibility index (Phi) is 7.15. The molecule has 0 heterocycles. The van der Waals surface area contributed by atoms with Crippen molar-refractivity contribution in [2.75, 3.05) is 27.7 Å². The zero-order chi connectivity index (χ0) is 20.0. The first kappa shape index (κ1) is 21.1. The number of hydrogen-bond donors (Lipinski definition) is 1. The first-order valence-corrected chi connectivity index (χ1v) is 8.95. The Morgan fingerprint density at radius 1 is 1.19 bits per heavy atom. The summed E-state index contributed by atoms with van der Waals surface area (Å²) in [5.41, 5.74) is -3.05. The summed E-state index contributed by atoms with van der Waals surface area (Å²) in [7, 11) is 5.39. The van der Waals surface area contributed by atoms with Crippen LogP contribution in [0.2, 0.25) is 0 Å². The molecule has 146 valence electrons. The predicted molar refractivity (Wildman–Crippen MR) is 100 cm³/mol. The molecule has 2 aromatic rings. The molecule has 1 atom stereocenters. The van der Waals surface area contributed by atoms with E-state index >= 15 is 0 Å². The van der Waals surface area contributed by atoms with Crippen molar-refractivity contribution in [1.82, 2.24) is 10.2 Å². The van der Waals surface area contributed by atoms with E-state index in [9.17, 15) is 18.0 Å². The number of hydrogen-bond acceptors (Lipinski definition) is 4. The molecule has 8 heteroatoms. The van der Waals surface area contributed by atoms with Gasteiger partial charge in [-0.3, -0.25) is 4.79 Å². The topological polar surface area (TPSA) is 41.6 Å². The fourth-order valence-electron chi connectivity index (χ4n) is 2.55. The van der Waals surface area contributed by atoms with Crippen LogP contribution in [0.4, 0.5) is 13.2 Å². The summed E-state index contributed by atoms with van der Waals surface area (Å²) in [4.78, 5) is 14.4. The van der Waals surface area contributed by atoms with Crippen molar-refractivity contribution in [2.24, 2.45) is 0 Å². The van der Waals surface area contributed by atoms with E-state index in [4.69, 9.17) is 4.74 Å². The number of nitrogens with zero attached hydrogens (tertiary/aromatic N) is 1. The summed E-state index contributed by atoms with van der Waals surface area (Å²) in [6, 6.07) is 12.8. The normalized spacial score (nSPS) is 12.7. The number of alkyl halides is 3. The number of likely N-dealkylation sites (N-methyl/N-ethyl adjacent to an activating group) is 1. The molecule has 0 bridgehead atoms. The van der Waals surface area contributed by atoms with Gasteiger partial charge in [-0.15, -0.1) is 0 Å². The predicted octanol–water partition coefficient (Wildman–Crippen LogP) is 4.34. The second-order valence-electron chi connectivity index (χ2n) is 6.04. The smallest absolute Gasteiger partial charge is 0.446 e. The van der Waals surface area contributed by atoms with Crippen LogP contribution in [-0.2, 0) is 0 Å². The lowest BCUT2D eigenvalue weighted by Crippen LogP contribution is -2.34. The third-order valence-corrected chi connectivity index (χ3v) is 4.65. The molecule has 2 aromatic carbocycles. The van der Waals surface area contributed by atoms with Crippen molar-refractivity contribution < 1.29 is 22.7 Å². The highest BCUT2D eigenvalue weighted by molar-refractivity contribution is 8.00. The Bertz CT molecular complexity index is 764. The van der Waals surface area contributed by atoms with E-state index in [1.165, 1.54) is 24.3 Å². The molecule has 2 rings (SSSR count). The molecule has 0 spiro atoms. The molecule has 1 unspecified atom stereocenters. The van der Waals surface area contributed by atoms with Gasteiger partial charge in [0.05, 0.1) is 13.2 Å². The number of methoxy groups -OCH3 is 1. The number of benzene rings is 2. The average Bonchev–Trinajstić information content (AvgIpc) is 2.61. The molecule has 0 aliphatic carbocycles. The Hall–Kier alpha value is -2.19. The number of ether oxygens (including phenoxy) is 1. The van der Waals surface area contributed by atoms with E-state index in [2.05, 4.69) is 5.32 Å². The Morgan fingerprint density at radius 2 is 1.85 bits per heavy atom. The number of amides is 1. The zero-order valence-corrected chi connectivity index (χ0v) is 16.0. The summed E-state index contributed by atoms with van der Waals surface area (Å²) in [6.45, 7) is 0.345. The number of carbonyl (C=O) groups is 1. The molecular formula is C19H21F3N2O2S. The van der Waals surface area contributed by atoms with Crippen LogP contribution in [-0.4, -0.2) is 44.1 Å². The molecule has 0 fully saturated rings. The van der Waals surface area contributed by atoms with Crippen LogP contribution in [0.25, 0.3) is 0 Å². The van der Waals surface area contributed by atoms with Crippen molar-refractivity contribution in [2.45, 2.75) is 16.4 Å². The molecule has 1 amide bonds. The minimum atomic E-state index is -4.35. The van der Waals surface area contributed by atoms with E-state index in [0.717, 1.165) is 11.3 Å². The number of rotatable bonds is 7. The molecule has 0 aliphatic heterocycles. The molecule has 1 N–H and O–H groups in total. The van der Waals surface area contributed by atoms with Gasteiger partial charge in [-0.05, 0) is 67.8 Å². The second-order valence-corrected chi connectivity index (χ2v) is 7.18. The number of halogens is 3. The van der Waals surface area contributed by atoms with Gasteiger partial charge < -0.3 is 15.0 Å². The van der Waals surface area contributed by atoms with E-state index in [1.807, 2.05) is 43.3 Å². The molecule has 0 aliphatic rings. The summed E-state index contributed by atoms with van der Waals surface area (Å²) in [5.74, 6) is 0.386. The van der Waals surface area contributed by atoms with Crippen LogP contribution in [0.5, 0.6) is 5.75 Å². The fourth-order valence-corrected chi connectivity index (χ4v) is 3.09. The Balaban J connectivity index is 2.03. The summed E-state index contributed by atoms with van der Waals surface area (Å²) >= 11 is -0.206. The largest absolute Gasteiger partial charge is 0.497 e. The highest BCUT2D eigenvalue weighted by Crippen LogP contribution is 2.36. The van der Waals surface area contributed by atoms with Gasteiger partial charge in [-0.2, -0.15) is 13.2 Å². The quantitative estimate of drug-likeness (QED) is 0.705. The van der Waals surface area contributed by atoms with Crippen LogP contribution in [0.15, 0.2) is 53.4 Å². The number of thioether (sulfide) groups is 1. The van der Waals surface area contributed by atoms with Crippen molar-refractivity contribution in [3.63, 3.8) is 0 Å². The Labute approximate surface area is 160 Å². The average molecular weight is 398 g/mol. The number of carbonyl (C=O) groups excluding carboxylic acids is 1. The van der Waals surface area contributed by atoms with Crippen molar-refractivity contribution >= 4 is 17.7 Å². The molecule has 0 radical (unpaired) electrons. The van der Waals surface area contributed by atoms with Gasteiger partial charge in [-0.25, -0.2) is 0 Å². The van der Waals surface area contributed by atoms with Gasteiger partial charge >= 0.3 is 5.51 Å². The van der Waals surface area contributed by atoms with Crippen LogP contribution >= 0.6 is 11.8 Å². The van der Waals surface area contributed by atoms with E-state index in [0.29, 0.717) is 12.1 Å². The van der Waals surface area contributed by atoms with E-state index in [-0.39, 0.29) is 28.6 Å². The third kappa shape index (κ3) is 6.48. The lowest BCUT2D eigenvalue weighted by molar-refractivity contribution is -0.0328. The van der Waals surface area contributed by atoms with Crippen molar-refractivity contribution in [1.29, 1.82) is 0 Å². The highest BCUT2D eigenvalue weighted by atomic mass is 32.2. The zero-order valence-electron chi connectivity index (χ0n) is 15.2. The first-order valence-electron chi connectivity index (χ1n) is 8.14. The van der Waals surface area contributed by atoms with Gasteiger partial charge in [0.15, 0.2) is 0 Å². The van der Waals surface area contributed by atoms with E-state index < -0.39 is 5.51 Å². The lowest BCUT2D eigenvalue weighted by Gasteiger charge is -2.25. The monoisotopic (exact) mass is 398 g/mol. The lowest BCUT2D eigenvalue weighted by atomic mass is 10.1. The highest BCUT2D eigenvalue weighted by Gasteiger charge is 2.29. The number of nitrogens with one attached hydrogen (secondary N) is 1. The first-order chi connectivity index (χ1) is 12.7. The fraction of sp³-hybridized carbons (Fsp3) is 0.316. The summed E-state index contributed by atoms with van der Waals surface area (Å²) < 4.78 is 42.4. The SMILES string of the molecule is COc1cccc(C(CNC(=O)c2ccc(SC(F)(F)F)cc2)N(C)C)c1. The third-order valence-electron chi connectivity index (χ3n) is 3.91. The van der Waals surface area contributed by atoms with Gasteiger partial charge in [0.1, 0.15) is 5.75 Å². The maximum atomic E-state index is 12.4. The maximum Gasteiger partial charge on any atom is 0.446 e.